The zero-order chi connectivity index (χ0) is 12.8. The van der Waals surface area contributed by atoms with E-state index in [1.807, 2.05) is 0 Å². The lowest BCUT2D eigenvalue weighted by Crippen LogP contribution is -2.22. The van der Waals surface area contributed by atoms with Crippen molar-refractivity contribution in [2.45, 2.75) is 26.9 Å². The van der Waals surface area contributed by atoms with E-state index < -0.39 is 6.10 Å². The number of rotatable bonds is 6. The van der Waals surface area contributed by atoms with Gasteiger partial charge in [0.2, 0.25) is 0 Å². The molecular weight excluding hydrogens is 216 g/mol. The van der Waals surface area contributed by atoms with Gasteiger partial charge in [0.15, 0.2) is 5.78 Å². The largest absolute Gasteiger partial charge is 0.497 e. The first-order valence-corrected chi connectivity index (χ1v) is 5.84. The molecule has 1 aromatic rings. The maximum absolute atomic E-state index is 12.0. The highest BCUT2D eigenvalue weighted by atomic mass is 16.5. The van der Waals surface area contributed by atoms with Gasteiger partial charge in [-0.3, -0.25) is 4.79 Å². The van der Waals surface area contributed by atoms with Crippen LogP contribution in [0.3, 0.4) is 0 Å². The van der Waals surface area contributed by atoms with Crippen molar-refractivity contribution in [3.8, 4) is 5.75 Å². The summed E-state index contributed by atoms with van der Waals surface area (Å²) in [4.78, 5) is 12.0. The number of hydrogen-bond donors (Lipinski definition) is 0. The van der Waals surface area contributed by atoms with E-state index in [0.717, 1.165) is 5.75 Å². The van der Waals surface area contributed by atoms with E-state index in [9.17, 15) is 4.79 Å². The molecular formula is C14H20O3. The van der Waals surface area contributed by atoms with Crippen molar-refractivity contribution in [1.29, 1.82) is 0 Å². The Hall–Kier alpha value is -1.35. The summed E-state index contributed by atoms with van der Waals surface area (Å²) in [6.07, 6.45) is -0.397. The van der Waals surface area contributed by atoms with Gasteiger partial charge in [0.05, 0.1) is 7.11 Å². The van der Waals surface area contributed by atoms with Crippen LogP contribution in [0, 0.1) is 5.92 Å². The van der Waals surface area contributed by atoms with Gasteiger partial charge in [-0.1, -0.05) is 13.8 Å². The molecule has 0 saturated heterocycles. The van der Waals surface area contributed by atoms with Crippen molar-refractivity contribution in [2.24, 2.45) is 5.92 Å². The van der Waals surface area contributed by atoms with Gasteiger partial charge in [0.1, 0.15) is 11.9 Å². The van der Waals surface area contributed by atoms with Gasteiger partial charge in [-0.25, -0.2) is 0 Å². The van der Waals surface area contributed by atoms with Crippen LogP contribution in [0.4, 0.5) is 0 Å². The molecule has 0 aromatic heterocycles. The van der Waals surface area contributed by atoms with Crippen molar-refractivity contribution < 1.29 is 14.3 Å². The molecule has 0 aliphatic rings. The second kappa shape index (κ2) is 6.40. The fourth-order valence-electron chi connectivity index (χ4n) is 1.40. The van der Waals surface area contributed by atoms with Crippen LogP contribution < -0.4 is 4.74 Å². The van der Waals surface area contributed by atoms with Crippen LogP contribution in [-0.4, -0.2) is 25.6 Å². The standard InChI is InChI=1S/C14H20O3/c1-10(2)9-17-11(3)14(15)12-5-7-13(16-4)8-6-12/h5-8,10-11H,9H2,1-4H3. The first kappa shape index (κ1) is 13.7. The minimum atomic E-state index is -0.397. The van der Waals surface area contributed by atoms with Crippen LogP contribution in [0.1, 0.15) is 31.1 Å². The molecule has 0 N–H and O–H groups in total. The summed E-state index contributed by atoms with van der Waals surface area (Å²) in [5.41, 5.74) is 0.655. The number of carbonyl (C=O) groups excluding carboxylic acids is 1. The molecule has 0 heterocycles. The molecule has 0 amide bonds. The van der Waals surface area contributed by atoms with Crippen LogP contribution in [-0.2, 0) is 4.74 Å². The molecule has 94 valence electrons. The molecule has 0 saturated carbocycles. The van der Waals surface area contributed by atoms with Crippen LogP contribution in [0.15, 0.2) is 24.3 Å². The number of benzene rings is 1. The highest BCUT2D eigenvalue weighted by Crippen LogP contribution is 2.14. The Kier molecular flexibility index (Phi) is 5.16. The van der Waals surface area contributed by atoms with Crippen molar-refractivity contribution in [3.05, 3.63) is 29.8 Å². The number of ether oxygens (including phenoxy) is 2. The lowest BCUT2D eigenvalue weighted by Gasteiger charge is -2.13. The van der Waals surface area contributed by atoms with Crippen molar-refractivity contribution in [1.82, 2.24) is 0 Å². The molecule has 3 heteroatoms. The summed E-state index contributed by atoms with van der Waals surface area (Å²) >= 11 is 0. The van der Waals surface area contributed by atoms with Gasteiger partial charge in [-0.05, 0) is 37.1 Å². The number of methoxy groups -OCH3 is 1. The van der Waals surface area contributed by atoms with E-state index >= 15 is 0 Å². The van der Waals surface area contributed by atoms with E-state index in [1.165, 1.54) is 0 Å². The Morgan fingerprint density at radius 3 is 2.24 bits per heavy atom. The Bertz CT molecular complexity index is 354. The molecule has 0 aliphatic heterocycles. The Balaban J connectivity index is 2.61. The molecule has 1 aromatic carbocycles. The number of ketones is 1. The molecule has 1 unspecified atom stereocenters. The van der Waals surface area contributed by atoms with Crippen LogP contribution in [0.25, 0.3) is 0 Å². The highest BCUT2D eigenvalue weighted by Gasteiger charge is 2.15. The minimum Gasteiger partial charge on any atom is -0.497 e. The topological polar surface area (TPSA) is 35.5 Å². The molecule has 3 nitrogen and oxygen atoms in total. The summed E-state index contributed by atoms with van der Waals surface area (Å²) in [6.45, 7) is 6.51. The normalized spacial score (nSPS) is 12.5. The third-order valence-corrected chi connectivity index (χ3v) is 2.42. The van der Waals surface area contributed by atoms with E-state index in [-0.39, 0.29) is 5.78 Å². The number of Topliss-reactive ketones (excluding diaryl/α,β-unsaturated/α-hetero) is 1. The van der Waals surface area contributed by atoms with Gasteiger partial charge in [0.25, 0.3) is 0 Å². The van der Waals surface area contributed by atoms with Gasteiger partial charge in [-0.2, -0.15) is 0 Å². The summed E-state index contributed by atoms with van der Waals surface area (Å²) < 4.78 is 10.5. The lowest BCUT2D eigenvalue weighted by molar-refractivity contribution is 0.0385. The Labute approximate surface area is 103 Å². The number of carbonyl (C=O) groups is 1. The average molecular weight is 236 g/mol. The third kappa shape index (κ3) is 4.19. The first-order valence-electron chi connectivity index (χ1n) is 5.84. The van der Waals surface area contributed by atoms with Crippen molar-refractivity contribution >= 4 is 5.78 Å². The van der Waals surface area contributed by atoms with Crippen molar-refractivity contribution in [3.63, 3.8) is 0 Å². The molecule has 0 bridgehead atoms. The fourth-order valence-corrected chi connectivity index (χ4v) is 1.40. The smallest absolute Gasteiger partial charge is 0.191 e. The Morgan fingerprint density at radius 1 is 1.18 bits per heavy atom. The summed E-state index contributed by atoms with van der Waals surface area (Å²) in [5, 5.41) is 0. The van der Waals surface area contributed by atoms with Crippen LogP contribution >= 0.6 is 0 Å². The molecule has 1 rings (SSSR count). The van der Waals surface area contributed by atoms with Crippen LogP contribution in [0.5, 0.6) is 5.75 Å². The minimum absolute atomic E-state index is 0.00769. The van der Waals surface area contributed by atoms with Gasteiger partial charge in [-0.15, -0.1) is 0 Å². The van der Waals surface area contributed by atoms with E-state index in [1.54, 1.807) is 38.3 Å². The second-order valence-corrected chi connectivity index (χ2v) is 4.46. The van der Waals surface area contributed by atoms with Crippen molar-refractivity contribution in [2.75, 3.05) is 13.7 Å². The maximum Gasteiger partial charge on any atom is 0.191 e. The molecule has 1 atom stereocenters. The van der Waals surface area contributed by atoms with Crippen LogP contribution in [0.2, 0.25) is 0 Å². The molecule has 0 fully saturated rings. The molecule has 0 radical (unpaired) electrons. The number of hydrogen-bond acceptors (Lipinski definition) is 3. The highest BCUT2D eigenvalue weighted by molar-refractivity contribution is 5.99. The first-order chi connectivity index (χ1) is 8.04. The predicted octanol–water partition coefficient (Wildman–Crippen LogP) is 2.94. The average Bonchev–Trinajstić information content (AvgIpc) is 2.35. The third-order valence-electron chi connectivity index (χ3n) is 2.42. The molecule has 17 heavy (non-hydrogen) atoms. The Morgan fingerprint density at radius 2 is 1.76 bits per heavy atom. The summed E-state index contributed by atoms with van der Waals surface area (Å²) in [6, 6.07) is 7.08. The summed E-state index contributed by atoms with van der Waals surface area (Å²) in [7, 11) is 1.60. The zero-order valence-corrected chi connectivity index (χ0v) is 10.9. The monoisotopic (exact) mass is 236 g/mol. The zero-order valence-electron chi connectivity index (χ0n) is 10.9. The quantitative estimate of drug-likeness (QED) is 0.712. The SMILES string of the molecule is COc1ccc(C(=O)C(C)OCC(C)C)cc1. The summed E-state index contributed by atoms with van der Waals surface area (Å²) in [5.74, 6) is 1.19. The van der Waals surface area contributed by atoms with Gasteiger partial charge >= 0.3 is 0 Å². The predicted molar refractivity (Wildman–Crippen MR) is 67.6 cm³/mol. The van der Waals surface area contributed by atoms with Gasteiger partial charge < -0.3 is 9.47 Å². The second-order valence-electron chi connectivity index (χ2n) is 4.46. The maximum atomic E-state index is 12.0. The van der Waals surface area contributed by atoms with Gasteiger partial charge in [0, 0.05) is 12.2 Å². The fraction of sp³-hybridized carbons (Fsp3) is 0.500. The van der Waals surface area contributed by atoms with E-state index in [2.05, 4.69) is 13.8 Å². The van der Waals surface area contributed by atoms with E-state index in [4.69, 9.17) is 9.47 Å². The molecule has 0 spiro atoms. The molecule has 0 aliphatic carbocycles. The lowest BCUT2D eigenvalue weighted by atomic mass is 10.1. The van der Waals surface area contributed by atoms with E-state index in [0.29, 0.717) is 18.1 Å².